The molecule has 1 aromatic heterocycles. The molecule has 0 radical (unpaired) electrons. The van der Waals surface area contributed by atoms with Crippen molar-refractivity contribution in [3.05, 3.63) is 64.8 Å². The van der Waals surface area contributed by atoms with Crippen molar-refractivity contribution in [2.24, 2.45) is 0 Å². The van der Waals surface area contributed by atoms with Crippen molar-refractivity contribution in [2.45, 2.75) is 6.10 Å². The number of ether oxygens (including phenoxy) is 2. The first-order valence-corrected chi connectivity index (χ1v) is 9.06. The van der Waals surface area contributed by atoms with Crippen LogP contribution in [0, 0.1) is 0 Å². The molecule has 0 aliphatic carbocycles. The molecule has 0 spiro atoms. The summed E-state index contributed by atoms with van der Waals surface area (Å²) >= 11 is 0.845. The van der Waals surface area contributed by atoms with E-state index in [2.05, 4.69) is 10.3 Å². The van der Waals surface area contributed by atoms with E-state index in [0.717, 1.165) is 17.3 Å². The number of carbonyl (C=O) groups is 3. The van der Waals surface area contributed by atoms with Gasteiger partial charge in [-0.25, -0.2) is 4.79 Å². The minimum atomic E-state index is -0.994. The molecule has 28 heavy (non-hydrogen) atoms. The highest BCUT2D eigenvalue weighted by Crippen LogP contribution is 2.26. The maximum absolute atomic E-state index is 11.8. The Balaban J connectivity index is 1.45. The summed E-state index contributed by atoms with van der Waals surface area (Å²) in [4.78, 5) is 38.6. The molecule has 1 fully saturated rings. The fraction of sp³-hybridized carbons (Fsp3) is 0.158. The van der Waals surface area contributed by atoms with Gasteiger partial charge in [-0.05, 0) is 47.7 Å². The van der Waals surface area contributed by atoms with E-state index in [1.54, 1.807) is 48.7 Å². The number of aliphatic hydroxyl groups excluding tert-OH is 1. The van der Waals surface area contributed by atoms with Crippen LogP contribution in [0.2, 0.25) is 0 Å². The summed E-state index contributed by atoms with van der Waals surface area (Å²) in [5.74, 6) is -0.490. The largest absolute Gasteiger partial charge is 0.491 e. The second-order valence-corrected chi connectivity index (χ2v) is 6.74. The topological polar surface area (TPSA) is 115 Å². The number of pyridine rings is 1. The zero-order chi connectivity index (χ0) is 19.9. The molecule has 1 atom stereocenters. The SMILES string of the molecule is O=C1NC(=O)/C(=C/c2ccc(OCC(O)COC(=O)c3cccnc3)cc2)S1. The van der Waals surface area contributed by atoms with Crippen LogP contribution in [0.25, 0.3) is 6.08 Å². The van der Waals surface area contributed by atoms with Crippen LogP contribution >= 0.6 is 11.8 Å². The maximum Gasteiger partial charge on any atom is 0.339 e. The van der Waals surface area contributed by atoms with E-state index < -0.39 is 23.2 Å². The Hall–Kier alpha value is -3.17. The number of hydrogen-bond acceptors (Lipinski definition) is 8. The normalized spacial score (nSPS) is 16.0. The van der Waals surface area contributed by atoms with Gasteiger partial charge in [0.2, 0.25) is 0 Å². The van der Waals surface area contributed by atoms with Crippen molar-refractivity contribution >= 4 is 35.0 Å². The van der Waals surface area contributed by atoms with Crippen LogP contribution in [0.1, 0.15) is 15.9 Å². The third-order valence-electron chi connectivity index (χ3n) is 3.57. The molecule has 2 heterocycles. The first-order chi connectivity index (χ1) is 13.5. The second-order valence-electron chi connectivity index (χ2n) is 5.73. The number of esters is 1. The summed E-state index contributed by atoms with van der Waals surface area (Å²) in [6.07, 6.45) is 3.53. The van der Waals surface area contributed by atoms with Crippen LogP contribution in [0.4, 0.5) is 4.79 Å². The zero-order valence-electron chi connectivity index (χ0n) is 14.5. The van der Waals surface area contributed by atoms with Crippen LogP contribution in [0.3, 0.4) is 0 Å². The molecule has 1 aliphatic rings. The van der Waals surface area contributed by atoms with E-state index >= 15 is 0 Å². The number of amides is 2. The van der Waals surface area contributed by atoms with Crippen LogP contribution in [-0.4, -0.2) is 46.5 Å². The van der Waals surface area contributed by atoms with E-state index in [0.29, 0.717) is 16.2 Å². The van der Waals surface area contributed by atoms with Gasteiger partial charge in [0.25, 0.3) is 11.1 Å². The summed E-state index contributed by atoms with van der Waals surface area (Å²) in [5.41, 5.74) is 1.03. The summed E-state index contributed by atoms with van der Waals surface area (Å²) in [6, 6.07) is 9.95. The van der Waals surface area contributed by atoms with Crippen LogP contribution < -0.4 is 10.1 Å². The smallest absolute Gasteiger partial charge is 0.339 e. The lowest BCUT2D eigenvalue weighted by Gasteiger charge is -2.13. The maximum atomic E-state index is 11.8. The van der Waals surface area contributed by atoms with Gasteiger partial charge >= 0.3 is 5.97 Å². The van der Waals surface area contributed by atoms with Gasteiger partial charge in [-0.15, -0.1) is 0 Å². The van der Waals surface area contributed by atoms with Crippen molar-refractivity contribution in [2.75, 3.05) is 13.2 Å². The van der Waals surface area contributed by atoms with E-state index in [1.165, 1.54) is 6.20 Å². The minimum Gasteiger partial charge on any atom is -0.491 e. The number of nitrogens with one attached hydrogen (secondary N) is 1. The Morgan fingerprint density at radius 3 is 2.64 bits per heavy atom. The van der Waals surface area contributed by atoms with Crippen molar-refractivity contribution in [3.8, 4) is 5.75 Å². The standard InChI is InChI=1S/C19H16N2O6S/c22-14(11-27-18(24)13-2-1-7-20-9-13)10-26-15-5-3-12(4-6-15)8-16-17(23)21-19(25)28-16/h1-9,14,22H,10-11H2,(H,21,23,25)/b16-8-. The molecule has 2 amide bonds. The summed E-state index contributed by atoms with van der Waals surface area (Å²) < 4.78 is 10.5. The first kappa shape index (κ1) is 19.6. The number of nitrogens with zero attached hydrogens (tertiary/aromatic N) is 1. The highest BCUT2D eigenvalue weighted by molar-refractivity contribution is 8.18. The van der Waals surface area contributed by atoms with Crippen molar-refractivity contribution in [1.82, 2.24) is 10.3 Å². The Morgan fingerprint density at radius 1 is 1.21 bits per heavy atom. The van der Waals surface area contributed by atoms with Gasteiger partial charge in [0.05, 0.1) is 10.5 Å². The van der Waals surface area contributed by atoms with Crippen molar-refractivity contribution in [1.29, 1.82) is 0 Å². The number of rotatable bonds is 7. The van der Waals surface area contributed by atoms with Gasteiger partial charge in [-0.3, -0.25) is 19.9 Å². The number of aliphatic hydroxyl groups is 1. The van der Waals surface area contributed by atoms with Crippen LogP contribution in [0.15, 0.2) is 53.7 Å². The van der Waals surface area contributed by atoms with E-state index in [9.17, 15) is 19.5 Å². The summed E-state index contributed by atoms with van der Waals surface area (Å²) in [6.45, 7) is -0.272. The number of hydrogen-bond donors (Lipinski definition) is 2. The van der Waals surface area contributed by atoms with Gasteiger partial charge < -0.3 is 14.6 Å². The van der Waals surface area contributed by atoms with Gasteiger partial charge in [0.15, 0.2) is 0 Å². The highest BCUT2D eigenvalue weighted by Gasteiger charge is 2.24. The summed E-state index contributed by atoms with van der Waals surface area (Å²) in [7, 11) is 0. The Kier molecular flexibility index (Phi) is 6.41. The van der Waals surface area contributed by atoms with Gasteiger partial charge in [-0.1, -0.05) is 12.1 Å². The first-order valence-electron chi connectivity index (χ1n) is 8.24. The third-order valence-corrected chi connectivity index (χ3v) is 4.38. The Labute approximate surface area is 164 Å². The molecule has 1 unspecified atom stereocenters. The number of aromatic nitrogens is 1. The van der Waals surface area contributed by atoms with Gasteiger partial charge in [-0.2, -0.15) is 0 Å². The predicted octanol–water partition coefficient (Wildman–Crippen LogP) is 2.00. The minimum absolute atomic E-state index is 0.0620. The highest BCUT2D eigenvalue weighted by atomic mass is 32.2. The predicted molar refractivity (Wildman–Crippen MR) is 102 cm³/mol. The molecule has 1 saturated heterocycles. The molecule has 8 nitrogen and oxygen atoms in total. The van der Waals surface area contributed by atoms with E-state index in [4.69, 9.17) is 9.47 Å². The molecule has 3 rings (SSSR count). The number of benzene rings is 1. The van der Waals surface area contributed by atoms with Gasteiger partial charge in [0, 0.05) is 12.4 Å². The average molecular weight is 400 g/mol. The number of imide groups is 1. The van der Waals surface area contributed by atoms with E-state index in [1.807, 2.05) is 0 Å². The number of thioether (sulfide) groups is 1. The average Bonchev–Trinajstić information content (AvgIpc) is 3.03. The van der Waals surface area contributed by atoms with Crippen molar-refractivity contribution in [3.63, 3.8) is 0 Å². The zero-order valence-corrected chi connectivity index (χ0v) is 15.3. The third kappa shape index (κ3) is 5.41. The fourth-order valence-electron chi connectivity index (χ4n) is 2.21. The van der Waals surface area contributed by atoms with Gasteiger partial charge in [0.1, 0.15) is 25.1 Å². The molecular formula is C19H16N2O6S. The monoisotopic (exact) mass is 400 g/mol. The molecule has 9 heteroatoms. The quantitative estimate of drug-likeness (QED) is 0.536. The fourth-order valence-corrected chi connectivity index (χ4v) is 2.89. The molecule has 1 aliphatic heterocycles. The van der Waals surface area contributed by atoms with Crippen LogP contribution in [-0.2, 0) is 9.53 Å². The second kappa shape index (κ2) is 9.16. The Morgan fingerprint density at radius 2 is 2.00 bits per heavy atom. The lowest BCUT2D eigenvalue weighted by molar-refractivity contribution is -0.115. The number of carbonyl (C=O) groups excluding carboxylic acids is 3. The molecular weight excluding hydrogens is 384 g/mol. The van der Waals surface area contributed by atoms with Crippen molar-refractivity contribution < 1.29 is 29.0 Å². The molecule has 2 aromatic rings. The van der Waals surface area contributed by atoms with Crippen LogP contribution in [0.5, 0.6) is 5.75 Å². The molecule has 144 valence electrons. The molecule has 1 aromatic carbocycles. The molecule has 0 bridgehead atoms. The molecule has 0 saturated carbocycles. The molecule has 2 N–H and O–H groups in total. The van der Waals surface area contributed by atoms with E-state index in [-0.39, 0.29) is 13.2 Å². The lowest BCUT2D eigenvalue weighted by atomic mass is 10.2. The summed E-state index contributed by atoms with van der Waals surface area (Å²) in [5, 5.41) is 11.7. The Bertz CT molecular complexity index is 898. The lowest BCUT2D eigenvalue weighted by Crippen LogP contribution is -2.25.